The van der Waals surface area contributed by atoms with E-state index >= 15 is 0 Å². The zero-order chi connectivity index (χ0) is 12.8. The Hall–Kier alpha value is -0.0800. The van der Waals surface area contributed by atoms with E-state index < -0.39 is 0 Å². The van der Waals surface area contributed by atoms with Crippen LogP contribution in [-0.2, 0) is 0 Å². The Morgan fingerprint density at radius 3 is 2.50 bits per heavy atom. The Labute approximate surface area is 113 Å². The van der Waals surface area contributed by atoms with Crippen LogP contribution >= 0.6 is 0 Å². The monoisotopic (exact) mass is 252 g/mol. The van der Waals surface area contributed by atoms with Crippen LogP contribution in [0.4, 0.5) is 0 Å². The van der Waals surface area contributed by atoms with Gasteiger partial charge < -0.3 is 10.6 Å². The molecule has 2 rings (SSSR count). The Kier molecular flexibility index (Phi) is 5.50. The lowest BCUT2D eigenvalue weighted by atomic mass is 9.71. The molecule has 2 fully saturated rings. The molecule has 2 heteroatoms. The van der Waals surface area contributed by atoms with E-state index in [1.165, 1.54) is 71.1 Å². The molecule has 2 nitrogen and oxygen atoms in total. The van der Waals surface area contributed by atoms with Crippen LogP contribution in [0.2, 0.25) is 0 Å². The standard InChI is InChI=1S/C16H32N2/c1-16(2,15-8-4-3-5-9-15)13-18-12-14-7-6-10-17-11-14/h14-15,17-18H,3-13H2,1-2H3. The molecule has 0 aromatic carbocycles. The summed E-state index contributed by atoms with van der Waals surface area (Å²) in [5.41, 5.74) is 0.489. The van der Waals surface area contributed by atoms with Crippen LogP contribution < -0.4 is 10.6 Å². The van der Waals surface area contributed by atoms with Crippen molar-refractivity contribution in [2.45, 2.75) is 58.8 Å². The number of hydrogen-bond acceptors (Lipinski definition) is 2. The summed E-state index contributed by atoms with van der Waals surface area (Å²) in [6.07, 6.45) is 10.1. The van der Waals surface area contributed by atoms with E-state index in [0.29, 0.717) is 5.41 Å². The Balaban J connectivity index is 1.67. The van der Waals surface area contributed by atoms with Crippen molar-refractivity contribution in [1.29, 1.82) is 0 Å². The molecule has 0 spiro atoms. The van der Waals surface area contributed by atoms with Crippen LogP contribution in [0.3, 0.4) is 0 Å². The molecule has 0 aromatic heterocycles. The molecule has 106 valence electrons. The van der Waals surface area contributed by atoms with Crippen LogP contribution in [0.25, 0.3) is 0 Å². The number of rotatable bonds is 5. The predicted molar refractivity (Wildman–Crippen MR) is 78.8 cm³/mol. The second kappa shape index (κ2) is 6.91. The van der Waals surface area contributed by atoms with Crippen LogP contribution in [-0.4, -0.2) is 26.2 Å². The van der Waals surface area contributed by atoms with Crippen molar-refractivity contribution in [3.63, 3.8) is 0 Å². The van der Waals surface area contributed by atoms with E-state index in [4.69, 9.17) is 0 Å². The van der Waals surface area contributed by atoms with Crippen LogP contribution in [0, 0.1) is 17.3 Å². The summed E-state index contributed by atoms with van der Waals surface area (Å²) >= 11 is 0. The van der Waals surface area contributed by atoms with Crippen molar-refractivity contribution in [2.24, 2.45) is 17.3 Å². The van der Waals surface area contributed by atoms with Gasteiger partial charge in [0.25, 0.3) is 0 Å². The molecular formula is C16H32N2. The normalized spacial score (nSPS) is 27.3. The van der Waals surface area contributed by atoms with Gasteiger partial charge in [-0.3, -0.25) is 0 Å². The average Bonchev–Trinajstić information content (AvgIpc) is 2.41. The summed E-state index contributed by atoms with van der Waals surface area (Å²) in [5.74, 6) is 1.81. The van der Waals surface area contributed by atoms with Gasteiger partial charge in [0.2, 0.25) is 0 Å². The second-order valence-corrected chi connectivity index (χ2v) is 7.17. The molecule has 1 heterocycles. The molecule has 0 bridgehead atoms. The highest BCUT2D eigenvalue weighted by molar-refractivity contribution is 4.83. The zero-order valence-electron chi connectivity index (χ0n) is 12.4. The number of hydrogen-bond donors (Lipinski definition) is 2. The minimum Gasteiger partial charge on any atom is -0.316 e. The van der Waals surface area contributed by atoms with E-state index in [2.05, 4.69) is 24.5 Å². The van der Waals surface area contributed by atoms with Gasteiger partial charge >= 0.3 is 0 Å². The SMILES string of the molecule is CC(C)(CNCC1CCCNC1)C1CCCCC1. The highest BCUT2D eigenvalue weighted by atomic mass is 14.9. The number of piperidine rings is 1. The maximum Gasteiger partial charge on any atom is 0.000529 e. The molecular weight excluding hydrogens is 220 g/mol. The molecule has 0 aromatic rings. The maximum absolute atomic E-state index is 3.75. The first kappa shape index (κ1) is 14.3. The van der Waals surface area contributed by atoms with Gasteiger partial charge in [0.1, 0.15) is 0 Å². The van der Waals surface area contributed by atoms with Crippen molar-refractivity contribution in [3.05, 3.63) is 0 Å². The quantitative estimate of drug-likeness (QED) is 0.785. The van der Waals surface area contributed by atoms with Crippen LogP contribution in [0.1, 0.15) is 58.8 Å². The summed E-state index contributed by atoms with van der Waals surface area (Å²) in [6.45, 7) is 9.79. The van der Waals surface area contributed by atoms with E-state index in [1.54, 1.807) is 0 Å². The zero-order valence-corrected chi connectivity index (χ0v) is 12.4. The number of nitrogens with one attached hydrogen (secondary N) is 2. The molecule has 1 unspecified atom stereocenters. The Morgan fingerprint density at radius 2 is 1.83 bits per heavy atom. The first-order valence-electron chi connectivity index (χ1n) is 8.10. The summed E-state index contributed by atoms with van der Waals surface area (Å²) < 4.78 is 0. The molecule has 1 aliphatic carbocycles. The van der Waals surface area contributed by atoms with Crippen molar-refractivity contribution >= 4 is 0 Å². The third-order valence-electron chi connectivity index (χ3n) is 5.12. The van der Waals surface area contributed by atoms with Crippen LogP contribution in [0.15, 0.2) is 0 Å². The summed E-state index contributed by atoms with van der Waals surface area (Å²) in [7, 11) is 0. The highest BCUT2D eigenvalue weighted by Gasteiger charge is 2.30. The second-order valence-electron chi connectivity index (χ2n) is 7.17. The lowest BCUT2D eigenvalue weighted by Crippen LogP contribution is -2.41. The van der Waals surface area contributed by atoms with Gasteiger partial charge in [-0.1, -0.05) is 33.1 Å². The fraction of sp³-hybridized carbons (Fsp3) is 1.00. The molecule has 2 N–H and O–H groups in total. The molecule has 1 atom stereocenters. The summed E-state index contributed by atoms with van der Waals surface area (Å²) in [4.78, 5) is 0. The Bertz CT molecular complexity index is 225. The predicted octanol–water partition coefficient (Wildman–Crippen LogP) is 3.18. The molecule has 1 saturated heterocycles. The summed E-state index contributed by atoms with van der Waals surface area (Å²) in [6, 6.07) is 0. The third kappa shape index (κ3) is 4.24. The topological polar surface area (TPSA) is 24.1 Å². The maximum atomic E-state index is 3.75. The third-order valence-corrected chi connectivity index (χ3v) is 5.12. The molecule has 1 aliphatic heterocycles. The van der Waals surface area contributed by atoms with E-state index in [9.17, 15) is 0 Å². The van der Waals surface area contributed by atoms with Crippen LogP contribution in [0.5, 0.6) is 0 Å². The van der Waals surface area contributed by atoms with Gasteiger partial charge in [0.15, 0.2) is 0 Å². The molecule has 0 radical (unpaired) electrons. The minimum absolute atomic E-state index is 0.489. The van der Waals surface area contributed by atoms with Crippen molar-refractivity contribution in [2.75, 3.05) is 26.2 Å². The molecule has 18 heavy (non-hydrogen) atoms. The summed E-state index contributed by atoms with van der Waals surface area (Å²) in [5, 5.41) is 7.26. The van der Waals surface area contributed by atoms with Gasteiger partial charge in [-0.15, -0.1) is 0 Å². The van der Waals surface area contributed by atoms with Gasteiger partial charge in [-0.2, -0.15) is 0 Å². The fourth-order valence-corrected chi connectivity index (χ4v) is 3.73. The lowest BCUT2D eigenvalue weighted by molar-refractivity contribution is 0.151. The van der Waals surface area contributed by atoms with Crippen molar-refractivity contribution in [3.8, 4) is 0 Å². The highest BCUT2D eigenvalue weighted by Crippen LogP contribution is 2.37. The van der Waals surface area contributed by atoms with Gasteiger partial charge in [-0.05, 0) is 62.6 Å². The smallest absolute Gasteiger partial charge is 0.000529 e. The van der Waals surface area contributed by atoms with Gasteiger partial charge in [-0.25, -0.2) is 0 Å². The fourth-order valence-electron chi connectivity index (χ4n) is 3.73. The molecule has 1 saturated carbocycles. The largest absolute Gasteiger partial charge is 0.316 e. The van der Waals surface area contributed by atoms with Gasteiger partial charge in [0, 0.05) is 6.54 Å². The van der Waals surface area contributed by atoms with Gasteiger partial charge in [0.05, 0.1) is 0 Å². The van der Waals surface area contributed by atoms with Crippen molar-refractivity contribution < 1.29 is 0 Å². The van der Waals surface area contributed by atoms with E-state index in [1.807, 2.05) is 0 Å². The minimum atomic E-state index is 0.489. The molecule has 0 amide bonds. The first-order valence-corrected chi connectivity index (χ1v) is 8.10. The van der Waals surface area contributed by atoms with E-state index in [-0.39, 0.29) is 0 Å². The average molecular weight is 252 g/mol. The van der Waals surface area contributed by atoms with E-state index in [0.717, 1.165) is 11.8 Å². The first-order chi connectivity index (χ1) is 8.68. The molecule has 2 aliphatic rings. The lowest BCUT2D eigenvalue weighted by Gasteiger charge is -2.38. The Morgan fingerprint density at radius 1 is 1.06 bits per heavy atom. The van der Waals surface area contributed by atoms with Crippen molar-refractivity contribution in [1.82, 2.24) is 10.6 Å².